The molecule has 0 aliphatic carbocycles. The summed E-state index contributed by atoms with van der Waals surface area (Å²) in [7, 11) is -3.73. The maximum atomic E-state index is 14.0. The maximum Gasteiger partial charge on any atom is 0.235 e. The van der Waals surface area contributed by atoms with Gasteiger partial charge in [0.2, 0.25) is 15.9 Å². The van der Waals surface area contributed by atoms with Gasteiger partial charge in [-0.15, -0.1) is 0 Å². The van der Waals surface area contributed by atoms with Crippen LogP contribution >= 0.6 is 0 Å². The Morgan fingerprint density at radius 1 is 1.10 bits per heavy atom. The standard InChI is InChI=1S/C22H29FN2O5S/c1-5-29-20-12-11-17(13-21(20)30-6-2)16(3)24-22(26)15-25(31(4,27)28)14-18-9-7-8-10-19(18)23/h7-13,16H,5-6,14-15H2,1-4H3,(H,24,26)/t16-/m1/s1. The summed E-state index contributed by atoms with van der Waals surface area (Å²) in [4.78, 5) is 12.6. The highest BCUT2D eigenvalue weighted by molar-refractivity contribution is 7.88. The Morgan fingerprint density at radius 2 is 1.74 bits per heavy atom. The third-order valence-electron chi connectivity index (χ3n) is 4.54. The topological polar surface area (TPSA) is 84.9 Å². The second kappa shape index (κ2) is 11.1. The summed E-state index contributed by atoms with van der Waals surface area (Å²) < 4.78 is 50.3. The summed E-state index contributed by atoms with van der Waals surface area (Å²) in [5.41, 5.74) is 0.974. The average Bonchev–Trinajstić information content (AvgIpc) is 2.70. The Labute approximate surface area is 183 Å². The molecule has 1 N–H and O–H groups in total. The number of carbonyl (C=O) groups is 1. The number of hydrogen-bond acceptors (Lipinski definition) is 5. The van der Waals surface area contributed by atoms with Crippen LogP contribution in [0.1, 0.15) is 37.9 Å². The molecule has 0 saturated heterocycles. The van der Waals surface area contributed by atoms with Gasteiger partial charge in [-0.25, -0.2) is 12.8 Å². The van der Waals surface area contributed by atoms with E-state index in [4.69, 9.17) is 9.47 Å². The van der Waals surface area contributed by atoms with E-state index >= 15 is 0 Å². The molecule has 170 valence electrons. The Hall–Kier alpha value is -2.65. The van der Waals surface area contributed by atoms with Crippen LogP contribution in [0.25, 0.3) is 0 Å². The number of nitrogens with one attached hydrogen (secondary N) is 1. The van der Waals surface area contributed by atoms with Crippen LogP contribution in [0.3, 0.4) is 0 Å². The van der Waals surface area contributed by atoms with Gasteiger partial charge in [0.15, 0.2) is 11.5 Å². The normalized spacial score (nSPS) is 12.5. The smallest absolute Gasteiger partial charge is 0.235 e. The van der Waals surface area contributed by atoms with Crippen LogP contribution in [0.5, 0.6) is 11.5 Å². The van der Waals surface area contributed by atoms with Crippen molar-refractivity contribution in [1.29, 1.82) is 0 Å². The SMILES string of the molecule is CCOc1ccc([C@@H](C)NC(=O)CN(Cc2ccccc2F)S(C)(=O)=O)cc1OCC. The van der Waals surface area contributed by atoms with Crippen molar-refractivity contribution >= 4 is 15.9 Å². The monoisotopic (exact) mass is 452 g/mol. The van der Waals surface area contributed by atoms with Crippen LogP contribution in [-0.4, -0.2) is 44.6 Å². The lowest BCUT2D eigenvalue weighted by atomic mass is 10.1. The first-order chi connectivity index (χ1) is 14.7. The molecule has 0 aliphatic heterocycles. The molecule has 0 aliphatic rings. The van der Waals surface area contributed by atoms with Gasteiger partial charge in [0.25, 0.3) is 0 Å². The number of hydrogen-bond donors (Lipinski definition) is 1. The predicted molar refractivity (Wildman–Crippen MR) is 117 cm³/mol. The lowest BCUT2D eigenvalue weighted by molar-refractivity contribution is -0.122. The van der Waals surface area contributed by atoms with Gasteiger partial charge in [-0.3, -0.25) is 4.79 Å². The number of halogens is 1. The van der Waals surface area contributed by atoms with Crippen LogP contribution in [0.15, 0.2) is 42.5 Å². The summed E-state index contributed by atoms with van der Waals surface area (Å²) in [6.07, 6.45) is 0.991. The molecule has 0 bridgehead atoms. The van der Waals surface area contributed by atoms with E-state index in [2.05, 4.69) is 5.32 Å². The van der Waals surface area contributed by atoms with Crippen molar-refractivity contribution in [2.45, 2.75) is 33.4 Å². The summed E-state index contributed by atoms with van der Waals surface area (Å²) in [5.74, 6) is 0.156. The predicted octanol–water partition coefficient (Wildman–Crippen LogP) is 3.26. The second-order valence-electron chi connectivity index (χ2n) is 6.98. The average molecular weight is 453 g/mol. The third kappa shape index (κ3) is 7.22. The van der Waals surface area contributed by atoms with Gasteiger partial charge in [-0.05, 0) is 44.5 Å². The first-order valence-electron chi connectivity index (χ1n) is 10.0. The summed E-state index contributed by atoms with van der Waals surface area (Å²) in [6.45, 7) is 5.83. The van der Waals surface area contributed by atoms with Crippen molar-refractivity contribution in [2.75, 3.05) is 26.0 Å². The number of amides is 1. The zero-order valence-corrected chi connectivity index (χ0v) is 19.0. The molecule has 0 unspecified atom stereocenters. The zero-order valence-electron chi connectivity index (χ0n) is 18.2. The van der Waals surface area contributed by atoms with Gasteiger partial charge in [-0.1, -0.05) is 24.3 Å². The lowest BCUT2D eigenvalue weighted by Gasteiger charge is -2.22. The van der Waals surface area contributed by atoms with E-state index < -0.39 is 34.3 Å². The number of nitrogens with zero attached hydrogens (tertiary/aromatic N) is 1. The number of sulfonamides is 1. The molecule has 2 aromatic rings. The van der Waals surface area contributed by atoms with Crippen LogP contribution < -0.4 is 14.8 Å². The van der Waals surface area contributed by atoms with Gasteiger partial charge < -0.3 is 14.8 Å². The molecule has 1 amide bonds. The van der Waals surface area contributed by atoms with Crippen molar-refractivity contribution in [1.82, 2.24) is 9.62 Å². The third-order valence-corrected chi connectivity index (χ3v) is 5.73. The van der Waals surface area contributed by atoms with Crippen LogP contribution in [0, 0.1) is 5.82 Å². The first kappa shape index (κ1) is 24.6. The van der Waals surface area contributed by atoms with Crippen molar-refractivity contribution in [3.05, 3.63) is 59.4 Å². The van der Waals surface area contributed by atoms with Crippen molar-refractivity contribution in [3.63, 3.8) is 0 Å². The molecular formula is C22H29FN2O5S. The number of carbonyl (C=O) groups excluding carboxylic acids is 1. The molecule has 0 aromatic heterocycles. The first-order valence-corrected chi connectivity index (χ1v) is 11.9. The van der Waals surface area contributed by atoms with E-state index in [0.29, 0.717) is 24.7 Å². The molecule has 9 heteroatoms. The molecule has 0 radical (unpaired) electrons. The maximum absolute atomic E-state index is 14.0. The Bertz CT molecular complexity index is 997. The van der Waals surface area contributed by atoms with Crippen LogP contribution in [-0.2, 0) is 21.4 Å². The van der Waals surface area contributed by atoms with E-state index in [0.717, 1.165) is 16.1 Å². The molecule has 2 rings (SSSR count). The molecule has 0 saturated carbocycles. The molecular weight excluding hydrogens is 423 g/mol. The number of ether oxygens (including phenoxy) is 2. The van der Waals surface area contributed by atoms with Gasteiger partial charge in [0, 0.05) is 12.1 Å². The Kier molecular flexibility index (Phi) is 8.82. The van der Waals surface area contributed by atoms with Gasteiger partial charge in [-0.2, -0.15) is 4.31 Å². The molecule has 0 fully saturated rings. The molecule has 0 spiro atoms. The fraction of sp³-hybridized carbons (Fsp3) is 0.409. The minimum Gasteiger partial charge on any atom is -0.490 e. The van der Waals surface area contributed by atoms with Crippen molar-refractivity contribution in [2.24, 2.45) is 0 Å². The van der Waals surface area contributed by atoms with Crippen molar-refractivity contribution in [3.8, 4) is 11.5 Å². The highest BCUT2D eigenvalue weighted by atomic mass is 32.2. The largest absolute Gasteiger partial charge is 0.490 e. The number of rotatable bonds is 11. The van der Waals surface area contributed by atoms with Gasteiger partial charge in [0.1, 0.15) is 5.82 Å². The van der Waals surface area contributed by atoms with E-state index in [-0.39, 0.29) is 12.1 Å². The zero-order chi connectivity index (χ0) is 23.0. The summed E-state index contributed by atoms with van der Waals surface area (Å²) in [6, 6.07) is 10.8. The van der Waals surface area contributed by atoms with E-state index in [9.17, 15) is 17.6 Å². The quantitative estimate of drug-likeness (QED) is 0.566. The molecule has 2 aromatic carbocycles. The minimum absolute atomic E-state index is 0.196. The fourth-order valence-corrected chi connectivity index (χ4v) is 3.70. The molecule has 0 heterocycles. The second-order valence-corrected chi connectivity index (χ2v) is 8.97. The Morgan fingerprint density at radius 3 is 2.35 bits per heavy atom. The summed E-state index contributed by atoms with van der Waals surface area (Å²) in [5, 5.41) is 2.78. The van der Waals surface area contributed by atoms with Crippen LogP contribution in [0.2, 0.25) is 0 Å². The van der Waals surface area contributed by atoms with Gasteiger partial charge >= 0.3 is 0 Å². The molecule has 31 heavy (non-hydrogen) atoms. The highest BCUT2D eigenvalue weighted by Crippen LogP contribution is 2.30. The molecule has 7 nitrogen and oxygen atoms in total. The summed E-state index contributed by atoms with van der Waals surface area (Å²) >= 11 is 0. The molecule has 1 atom stereocenters. The Balaban J connectivity index is 2.11. The van der Waals surface area contributed by atoms with Crippen LogP contribution in [0.4, 0.5) is 4.39 Å². The van der Waals surface area contributed by atoms with Crippen molar-refractivity contribution < 1.29 is 27.1 Å². The van der Waals surface area contributed by atoms with E-state index in [1.165, 1.54) is 18.2 Å². The minimum atomic E-state index is -3.73. The van der Waals surface area contributed by atoms with E-state index in [1.54, 1.807) is 25.1 Å². The number of benzene rings is 2. The highest BCUT2D eigenvalue weighted by Gasteiger charge is 2.23. The fourth-order valence-electron chi connectivity index (χ4n) is 2.97. The lowest BCUT2D eigenvalue weighted by Crippen LogP contribution is -2.40. The van der Waals surface area contributed by atoms with E-state index in [1.807, 2.05) is 19.9 Å². The van der Waals surface area contributed by atoms with Gasteiger partial charge in [0.05, 0.1) is 32.1 Å².